The summed E-state index contributed by atoms with van der Waals surface area (Å²) in [6, 6.07) is 18.0. The Bertz CT molecular complexity index is 1490. The lowest BCUT2D eigenvalue weighted by molar-refractivity contribution is -0.118. The van der Waals surface area contributed by atoms with Crippen LogP contribution in [0.15, 0.2) is 83.8 Å². The molecule has 3 heterocycles. The van der Waals surface area contributed by atoms with Crippen LogP contribution in [-0.4, -0.2) is 17.1 Å². The Morgan fingerprint density at radius 2 is 1.81 bits per heavy atom. The number of nitriles is 1. The first-order valence-electron chi connectivity index (χ1n) is 11.9. The number of anilines is 1. The number of fused-ring (bicyclic) bond motifs is 1. The molecule has 180 valence electrons. The molecule has 0 bridgehead atoms. The molecular weight excluding hydrogens is 457 g/mol. The molecule has 0 amide bonds. The number of hydrogen-bond acceptors (Lipinski definition) is 5. The van der Waals surface area contributed by atoms with Crippen LogP contribution in [0.25, 0.3) is 5.82 Å². The van der Waals surface area contributed by atoms with E-state index in [-0.39, 0.29) is 23.8 Å². The summed E-state index contributed by atoms with van der Waals surface area (Å²) in [5.41, 5.74) is 2.80. The second-order valence-electron chi connectivity index (χ2n) is 10.1. The van der Waals surface area contributed by atoms with Crippen LogP contribution in [-0.2, 0) is 4.79 Å². The topological polar surface area (TPSA) is 67.5 Å². The molecule has 2 aromatic carbocycles. The van der Waals surface area contributed by atoms with Gasteiger partial charge in [0.15, 0.2) is 17.3 Å². The first-order valence-corrected chi connectivity index (χ1v) is 11.9. The molecule has 1 aliphatic carbocycles. The molecule has 0 saturated heterocycles. The highest BCUT2D eigenvalue weighted by molar-refractivity contribution is 6.03. The Hall–Kier alpha value is -4.31. The molecule has 1 atom stereocenters. The summed E-state index contributed by atoms with van der Waals surface area (Å²) in [7, 11) is 0. The fraction of sp³-hybridized carbons (Fsp3) is 0.241. The van der Waals surface area contributed by atoms with E-state index in [1.807, 2.05) is 52.2 Å². The number of nitrogens with zero attached hydrogens (tertiary/aromatic N) is 3. The average Bonchev–Trinajstić information content (AvgIpc) is 3.53. The monoisotopic (exact) mass is 481 g/mol. The molecule has 0 fully saturated rings. The van der Waals surface area contributed by atoms with E-state index < -0.39 is 5.92 Å². The van der Waals surface area contributed by atoms with Crippen molar-refractivity contribution < 1.29 is 18.7 Å². The second-order valence-corrected chi connectivity index (χ2v) is 10.1. The smallest absolute Gasteiger partial charge is 0.231 e. The van der Waals surface area contributed by atoms with Crippen molar-refractivity contribution in [2.75, 3.05) is 11.7 Å². The number of benzene rings is 2. The van der Waals surface area contributed by atoms with Crippen LogP contribution in [0.5, 0.6) is 11.5 Å². The number of halogens is 1. The summed E-state index contributed by atoms with van der Waals surface area (Å²) in [4.78, 5) is 15.7. The van der Waals surface area contributed by atoms with Crippen molar-refractivity contribution in [2.24, 2.45) is 5.41 Å². The quantitative estimate of drug-likeness (QED) is 0.459. The van der Waals surface area contributed by atoms with Gasteiger partial charge in [-0.3, -0.25) is 9.69 Å². The third-order valence-electron chi connectivity index (χ3n) is 6.96. The Labute approximate surface area is 208 Å². The van der Waals surface area contributed by atoms with Gasteiger partial charge in [-0.1, -0.05) is 26.0 Å². The van der Waals surface area contributed by atoms with Gasteiger partial charge in [-0.15, -0.1) is 0 Å². The molecule has 3 aliphatic rings. The van der Waals surface area contributed by atoms with Crippen LogP contribution < -0.4 is 14.4 Å². The Kier molecular flexibility index (Phi) is 5.01. The molecule has 7 heteroatoms. The summed E-state index contributed by atoms with van der Waals surface area (Å²) in [6.45, 7) is 4.26. The first-order chi connectivity index (χ1) is 17.4. The van der Waals surface area contributed by atoms with Gasteiger partial charge in [-0.05, 0) is 59.9 Å². The lowest BCUT2D eigenvalue weighted by Crippen LogP contribution is -2.40. The average molecular weight is 482 g/mol. The molecule has 1 aromatic heterocycles. The van der Waals surface area contributed by atoms with Crippen molar-refractivity contribution in [1.82, 2.24) is 4.57 Å². The number of aromatic nitrogens is 1. The fourth-order valence-corrected chi connectivity index (χ4v) is 5.51. The highest BCUT2D eigenvalue weighted by Gasteiger charge is 2.45. The van der Waals surface area contributed by atoms with Crippen molar-refractivity contribution in [3.8, 4) is 17.6 Å². The summed E-state index contributed by atoms with van der Waals surface area (Å²) in [5.74, 6) is 0.814. The van der Waals surface area contributed by atoms with Crippen LogP contribution in [0, 0.1) is 22.6 Å². The second kappa shape index (κ2) is 8.13. The highest BCUT2D eigenvalue weighted by Crippen LogP contribution is 2.52. The number of ketones is 1. The molecule has 36 heavy (non-hydrogen) atoms. The molecule has 3 aromatic rings. The minimum Gasteiger partial charge on any atom is -0.454 e. The third kappa shape index (κ3) is 3.49. The minimum atomic E-state index is -0.592. The predicted octanol–water partition coefficient (Wildman–Crippen LogP) is 6.00. The van der Waals surface area contributed by atoms with Crippen LogP contribution in [0.4, 0.5) is 10.1 Å². The number of carbonyl (C=O) groups excluding carboxylic acids is 1. The van der Waals surface area contributed by atoms with Crippen molar-refractivity contribution in [2.45, 2.75) is 32.6 Å². The van der Waals surface area contributed by atoms with Crippen LogP contribution in [0.1, 0.15) is 38.2 Å². The van der Waals surface area contributed by atoms with Gasteiger partial charge >= 0.3 is 0 Å². The van der Waals surface area contributed by atoms with Gasteiger partial charge in [0.1, 0.15) is 11.6 Å². The molecule has 0 radical (unpaired) electrons. The van der Waals surface area contributed by atoms with E-state index in [1.54, 1.807) is 12.1 Å². The summed E-state index contributed by atoms with van der Waals surface area (Å²) >= 11 is 0. The molecule has 6 rings (SSSR count). The van der Waals surface area contributed by atoms with Crippen molar-refractivity contribution in [1.29, 1.82) is 5.26 Å². The van der Waals surface area contributed by atoms with Gasteiger partial charge in [0.25, 0.3) is 0 Å². The van der Waals surface area contributed by atoms with E-state index >= 15 is 0 Å². The molecular formula is C29H24FN3O3. The number of Topliss-reactive ketones (excluding diaryl/α,β-unsaturated/α-hetero) is 1. The maximum atomic E-state index is 14.5. The zero-order chi connectivity index (χ0) is 25.0. The highest BCUT2D eigenvalue weighted by atomic mass is 19.1. The Morgan fingerprint density at radius 1 is 1.03 bits per heavy atom. The SMILES string of the molecule is CC1(C)CC(=O)C2=C(C1)N(c1cccc(F)c1)C(n1cccc1)=C(C#N)C2c1ccc2c(c1)OCO2. The fourth-order valence-electron chi connectivity index (χ4n) is 5.51. The third-order valence-corrected chi connectivity index (χ3v) is 6.96. The number of ether oxygens (including phenoxy) is 2. The molecule has 1 unspecified atom stereocenters. The van der Waals surface area contributed by atoms with Crippen LogP contribution >= 0.6 is 0 Å². The molecule has 6 nitrogen and oxygen atoms in total. The van der Waals surface area contributed by atoms with E-state index in [9.17, 15) is 14.4 Å². The maximum absolute atomic E-state index is 14.5. The number of carbonyl (C=O) groups is 1. The predicted molar refractivity (Wildman–Crippen MR) is 132 cm³/mol. The normalized spacial score (nSPS) is 20.4. The zero-order valence-corrected chi connectivity index (χ0v) is 20.0. The summed E-state index contributed by atoms with van der Waals surface area (Å²) in [6.07, 6.45) is 4.67. The van der Waals surface area contributed by atoms with E-state index in [2.05, 4.69) is 19.9 Å². The standard InChI is InChI=1S/C29H24FN3O3/c1-29(2)14-22-27(23(34)15-29)26(18-8-9-24-25(12-18)36-17-35-24)21(16-31)28(32-10-3-4-11-32)33(22)20-7-5-6-19(30)13-20/h3-13,26H,14-15,17H2,1-2H3. The van der Waals surface area contributed by atoms with Gasteiger partial charge in [0.2, 0.25) is 6.79 Å². The summed E-state index contributed by atoms with van der Waals surface area (Å²) in [5, 5.41) is 10.6. The lowest BCUT2D eigenvalue weighted by Gasteiger charge is -2.44. The Balaban J connectivity index is 1.67. The molecule has 0 N–H and O–H groups in total. The molecule has 0 spiro atoms. The molecule has 2 aliphatic heterocycles. The number of allylic oxidation sites excluding steroid dienone is 3. The summed E-state index contributed by atoms with van der Waals surface area (Å²) < 4.78 is 27.4. The minimum absolute atomic E-state index is 0.00961. The van der Waals surface area contributed by atoms with E-state index in [4.69, 9.17) is 9.47 Å². The Morgan fingerprint density at radius 3 is 2.56 bits per heavy atom. The largest absolute Gasteiger partial charge is 0.454 e. The van der Waals surface area contributed by atoms with Gasteiger partial charge in [-0.25, -0.2) is 4.39 Å². The van der Waals surface area contributed by atoms with Crippen molar-refractivity contribution in [3.63, 3.8) is 0 Å². The van der Waals surface area contributed by atoms with Gasteiger partial charge < -0.3 is 14.0 Å². The van der Waals surface area contributed by atoms with Gasteiger partial charge in [0.05, 0.1) is 23.2 Å². The van der Waals surface area contributed by atoms with Gasteiger partial charge in [-0.2, -0.15) is 5.26 Å². The maximum Gasteiger partial charge on any atom is 0.231 e. The first kappa shape index (κ1) is 22.2. The van der Waals surface area contributed by atoms with Crippen LogP contribution in [0.2, 0.25) is 0 Å². The lowest BCUT2D eigenvalue weighted by atomic mass is 9.68. The van der Waals surface area contributed by atoms with Crippen molar-refractivity contribution in [3.05, 3.63) is 95.2 Å². The van der Waals surface area contributed by atoms with E-state index in [0.717, 1.165) is 11.3 Å². The molecule has 0 saturated carbocycles. The van der Waals surface area contributed by atoms with E-state index in [1.165, 1.54) is 12.1 Å². The zero-order valence-electron chi connectivity index (χ0n) is 20.0. The van der Waals surface area contributed by atoms with Crippen molar-refractivity contribution >= 4 is 17.3 Å². The van der Waals surface area contributed by atoms with Gasteiger partial charge in [0, 0.05) is 30.1 Å². The number of rotatable bonds is 3. The van der Waals surface area contributed by atoms with E-state index in [0.29, 0.717) is 47.0 Å². The van der Waals surface area contributed by atoms with Crippen LogP contribution in [0.3, 0.4) is 0 Å². The number of hydrogen-bond donors (Lipinski definition) is 0.